The van der Waals surface area contributed by atoms with Gasteiger partial charge < -0.3 is 35.8 Å². The van der Waals surface area contributed by atoms with E-state index in [2.05, 4.69) is 39.0 Å². The molecule has 2 aromatic carbocycles. The van der Waals surface area contributed by atoms with Crippen molar-refractivity contribution in [2.75, 3.05) is 38.6 Å². The topological polar surface area (TPSA) is 140 Å². The number of hydrogen-bond donors (Lipinski definition) is 5. The number of carbonyl (C=O) groups is 3. The first-order valence-corrected chi connectivity index (χ1v) is 14.3. The zero-order chi connectivity index (χ0) is 30.2. The van der Waals surface area contributed by atoms with Crippen LogP contribution in [-0.2, 0) is 9.59 Å². The first-order valence-electron chi connectivity index (χ1n) is 14.3. The molecule has 42 heavy (non-hydrogen) atoms. The molecule has 0 saturated carbocycles. The van der Waals surface area contributed by atoms with Gasteiger partial charge in [-0.25, -0.2) is 14.4 Å². The van der Waals surface area contributed by atoms with Crippen LogP contribution in [0.15, 0.2) is 71.1 Å². The van der Waals surface area contributed by atoms with Crippen LogP contribution >= 0.6 is 0 Å². The third-order valence-electron chi connectivity index (χ3n) is 8.04. The summed E-state index contributed by atoms with van der Waals surface area (Å²) in [5.41, 5.74) is 2.95. The van der Waals surface area contributed by atoms with Crippen LogP contribution in [0, 0.1) is 0 Å². The van der Waals surface area contributed by atoms with E-state index in [-0.39, 0.29) is 17.2 Å². The van der Waals surface area contributed by atoms with Crippen LogP contribution in [0.1, 0.15) is 62.5 Å². The maximum absolute atomic E-state index is 12.6. The van der Waals surface area contributed by atoms with E-state index in [1.807, 2.05) is 6.07 Å². The normalized spacial score (nSPS) is 16.6. The molecule has 0 aromatic heterocycles. The number of anilines is 1. The fourth-order valence-electron chi connectivity index (χ4n) is 5.91. The predicted molar refractivity (Wildman–Crippen MR) is 161 cm³/mol. The number of methoxy groups -OCH3 is 1. The summed E-state index contributed by atoms with van der Waals surface area (Å²) in [5.74, 6) is -1.92. The number of dihydropyridines is 1. The van der Waals surface area contributed by atoms with Crippen LogP contribution in [0.3, 0.4) is 0 Å². The molecule has 0 atom stereocenters. The Balaban J connectivity index is 1.24. The Labute approximate surface area is 246 Å². The van der Waals surface area contributed by atoms with Gasteiger partial charge in [0.1, 0.15) is 5.75 Å². The van der Waals surface area contributed by atoms with E-state index in [0.29, 0.717) is 35.1 Å². The molecule has 0 radical (unpaired) electrons. The zero-order valence-electron chi connectivity index (χ0n) is 24.4. The molecule has 2 heterocycles. The maximum atomic E-state index is 12.6. The number of nitrogens with zero attached hydrogens (tertiary/aromatic N) is 1. The molecule has 10 nitrogen and oxygen atoms in total. The van der Waals surface area contributed by atoms with Gasteiger partial charge in [-0.2, -0.15) is 0 Å². The number of carbonyl (C=O) groups excluding carboxylic acids is 1. The highest BCUT2D eigenvalue weighted by Gasteiger charge is 2.36. The highest BCUT2D eigenvalue weighted by Crippen LogP contribution is 2.39. The average molecular weight is 577 g/mol. The van der Waals surface area contributed by atoms with Gasteiger partial charge in [0.25, 0.3) is 0 Å². The lowest BCUT2D eigenvalue weighted by Gasteiger charge is -2.32. The van der Waals surface area contributed by atoms with Gasteiger partial charge in [-0.1, -0.05) is 24.3 Å². The van der Waals surface area contributed by atoms with E-state index in [9.17, 15) is 24.6 Å². The summed E-state index contributed by atoms with van der Waals surface area (Å²) in [7, 11) is 1.70. The van der Waals surface area contributed by atoms with Gasteiger partial charge in [0, 0.05) is 23.6 Å². The SMILES string of the molecule is COc1cccc(C2CCN(CCCCNC(=O)Nc3cccc(C4C(C(=O)O)=C(C)NC(C)=C4C(=O)O)c3)CC2)c1. The minimum atomic E-state index is -1.20. The predicted octanol–water partition coefficient (Wildman–Crippen LogP) is 4.88. The third kappa shape index (κ3) is 7.50. The molecule has 1 saturated heterocycles. The Morgan fingerprint density at radius 2 is 1.57 bits per heavy atom. The van der Waals surface area contributed by atoms with E-state index in [1.165, 1.54) is 5.56 Å². The molecule has 2 amide bonds. The average Bonchev–Trinajstić information content (AvgIpc) is 2.96. The number of nitrogens with one attached hydrogen (secondary N) is 3. The highest BCUT2D eigenvalue weighted by molar-refractivity contribution is 5.98. The standard InChI is InChI=1S/C32H40N4O6/c1-20-27(30(37)38)29(28(31(39)40)21(2)34-20)24-9-6-10-25(18-24)35-32(41)33-14-4-5-15-36-16-12-22(13-17-36)23-8-7-11-26(19-23)42-3/h6-11,18-19,22,29,34H,4-5,12-17H2,1-3H3,(H,37,38)(H,39,40)(H2,33,35,41). The van der Waals surface area contributed by atoms with Crippen molar-refractivity contribution in [2.24, 2.45) is 0 Å². The largest absolute Gasteiger partial charge is 0.497 e. The first-order chi connectivity index (χ1) is 20.2. The molecule has 0 bridgehead atoms. The van der Waals surface area contributed by atoms with Crippen LogP contribution in [0.4, 0.5) is 10.5 Å². The number of likely N-dealkylation sites (tertiary alicyclic amines) is 1. The minimum Gasteiger partial charge on any atom is -0.497 e. The Morgan fingerprint density at radius 1 is 0.929 bits per heavy atom. The summed E-state index contributed by atoms with van der Waals surface area (Å²) in [6.07, 6.45) is 4.06. The van der Waals surface area contributed by atoms with Crippen molar-refractivity contribution in [1.29, 1.82) is 0 Å². The Hall–Kier alpha value is -4.31. The summed E-state index contributed by atoms with van der Waals surface area (Å²) in [5, 5.41) is 28.2. The maximum Gasteiger partial charge on any atom is 0.334 e. The van der Waals surface area contributed by atoms with Crippen molar-refractivity contribution in [1.82, 2.24) is 15.5 Å². The number of amides is 2. The van der Waals surface area contributed by atoms with E-state index in [0.717, 1.165) is 51.1 Å². The number of ether oxygens (including phenoxy) is 1. The van der Waals surface area contributed by atoms with Crippen LogP contribution in [-0.4, -0.2) is 66.4 Å². The molecule has 224 valence electrons. The lowest BCUT2D eigenvalue weighted by molar-refractivity contribution is -0.133. The van der Waals surface area contributed by atoms with Crippen molar-refractivity contribution in [3.63, 3.8) is 0 Å². The summed E-state index contributed by atoms with van der Waals surface area (Å²) in [6, 6.07) is 14.6. The number of allylic oxidation sites excluding steroid dienone is 2. The molecule has 1 fully saturated rings. The second kappa shape index (κ2) is 14.0. The van der Waals surface area contributed by atoms with Gasteiger partial charge in [0.05, 0.1) is 24.2 Å². The van der Waals surface area contributed by atoms with Crippen molar-refractivity contribution in [2.45, 2.75) is 51.4 Å². The summed E-state index contributed by atoms with van der Waals surface area (Å²) < 4.78 is 5.36. The van der Waals surface area contributed by atoms with Crippen molar-refractivity contribution in [3.05, 3.63) is 82.2 Å². The molecule has 2 aliphatic heterocycles. The quantitative estimate of drug-likeness (QED) is 0.239. The van der Waals surface area contributed by atoms with Crippen LogP contribution in [0.2, 0.25) is 0 Å². The third-order valence-corrected chi connectivity index (χ3v) is 8.04. The number of rotatable bonds is 11. The highest BCUT2D eigenvalue weighted by atomic mass is 16.5. The molecule has 0 unspecified atom stereocenters. The van der Waals surface area contributed by atoms with E-state index in [4.69, 9.17) is 4.74 Å². The van der Waals surface area contributed by atoms with E-state index >= 15 is 0 Å². The van der Waals surface area contributed by atoms with Crippen molar-refractivity contribution in [3.8, 4) is 5.75 Å². The number of carboxylic acid groups (broad SMARTS) is 2. The van der Waals surface area contributed by atoms with Gasteiger partial charge in [-0.05, 0) is 100 Å². The molecule has 0 aliphatic carbocycles. The number of carboxylic acids is 2. The smallest absolute Gasteiger partial charge is 0.334 e. The number of urea groups is 1. The van der Waals surface area contributed by atoms with Gasteiger partial charge in [0.15, 0.2) is 0 Å². The van der Waals surface area contributed by atoms with E-state index in [1.54, 1.807) is 45.2 Å². The molecule has 10 heteroatoms. The van der Waals surface area contributed by atoms with E-state index < -0.39 is 17.9 Å². The zero-order valence-corrected chi connectivity index (χ0v) is 24.4. The Morgan fingerprint density at radius 3 is 2.21 bits per heavy atom. The lowest BCUT2D eigenvalue weighted by Crippen LogP contribution is -2.34. The lowest BCUT2D eigenvalue weighted by atomic mass is 9.80. The fraction of sp³-hybridized carbons (Fsp3) is 0.406. The van der Waals surface area contributed by atoms with Crippen LogP contribution in [0.25, 0.3) is 0 Å². The van der Waals surface area contributed by atoms with Crippen LogP contribution < -0.4 is 20.7 Å². The van der Waals surface area contributed by atoms with Crippen LogP contribution in [0.5, 0.6) is 5.75 Å². The second-order valence-electron chi connectivity index (χ2n) is 10.9. The Kier molecular flexibility index (Phi) is 10.2. The van der Waals surface area contributed by atoms with Crippen molar-refractivity contribution < 1.29 is 29.3 Å². The molecule has 2 aliphatic rings. The fourth-order valence-corrected chi connectivity index (χ4v) is 5.91. The molecular weight excluding hydrogens is 536 g/mol. The molecule has 4 rings (SSSR count). The number of hydrogen-bond acceptors (Lipinski definition) is 6. The van der Waals surface area contributed by atoms with Gasteiger partial charge in [0.2, 0.25) is 0 Å². The number of unbranched alkanes of at least 4 members (excludes halogenated alkanes) is 1. The molecule has 0 spiro atoms. The number of benzene rings is 2. The Bertz CT molecular complexity index is 1340. The molecular formula is C32H40N4O6. The monoisotopic (exact) mass is 576 g/mol. The van der Waals surface area contributed by atoms with Gasteiger partial charge in [-0.15, -0.1) is 0 Å². The van der Waals surface area contributed by atoms with Crippen molar-refractivity contribution >= 4 is 23.7 Å². The number of aliphatic carboxylic acids is 2. The van der Waals surface area contributed by atoms with Gasteiger partial charge >= 0.3 is 18.0 Å². The molecule has 5 N–H and O–H groups in total. The minimum absolute atomic E-state index is 0.0378. The first kappa shape index (κ1) is 30.6. The second-order valence-corrected chi connectivity index (χ2v) is 10.9. The summed E-state index contributed by atoms with van der Waals surface area (Å²) in [6.45, 7) is 6.84. The summed E-state index contributed by atoms with van der Waals surface area (Å²) in [4.78, 5) is 39.2. The van der Waals surface area contributed by atoms with Gasteiger partial charge in [-0.3, -0.25) is 0 Å². The molecule has 2 aromatic rings. The number of piperidine rings is 1. The summed E-state index contributed by atoms with van der Waals surface area (Å²) >= 11 is 0.